The highest BCUT2D eigenvalue weighted by molar-refractivity contribution is 6.13. The lowest BCUT2D eigenvalue weighted by atomic mass is 9.82. The molecule has 0 radical (unpaired) electrons. The second-order valence-electron chi connectivity index (χ2n) is 18.5. The van der Waals surface area contributed by atoms with Gasteiger partial charge in [0.25, 0.3) is 0 Å². The van der Waals surface area contributed by atoms with Crippen molar-refractivity contribution < 1.29 is 0 Å². The van der Waals surface area contributed by atoms with Gasteiger partial charge in [-0.2, -0.15) is 0 Å². The van der Waals surface area contributed by atoms with Crippen molar-refractivity contribution in [3.63, 3.8) is 0 Å². The molecule has 0 unspecified atom stereocenters. The van der Waals surface area contributed by atoms with Crippen LogP contribution in [0.1, 0.15) is 25.0 Å². The fraction of sp³-hybridized carbons (Fsp3) is 0.0462. The number of hydrogen-bond acceptors (Lipinski definition) is 1. The quantitative estimate of drug-likeness (QED) is 0.145. The van der Waals surface area contributed by atoms with E-state index in [1.807, 2.05) is 0 Å². The first-order valence-electron chi connectivity index (χ1n) is 23.3. The smallest absolute Gasteiger partial charge is 0.0541 e. The van der Waals surface area contributed by atoms with Gasteiger partial charge in [-0.3, -0.25) is 0 Å². The minimum absolute atomic E-state index is 0.108. The van der Waals surface area contributed by atoms with Gasteiger partial charge in [0.2, 0.25) is 0 Å². The summed E-state index contributed by atoms with van der Waals surface area (Å²) in [6.07, 6.45) is 0. The molecule has 1 aliphatic carbocycles. The number of anilines is 3. The highest BCUT2D eigenvalue weighted by Crippen LogP contribution is 2.54. The number of para-hydroxylation sites is 3. The summed E-state index contributed by atoms with van der Waals surface area (Å²) in [6, 6.07) is 89.5. The number of fused-ring (bicyclic) bond motifs is 9. The van der Waals surface area contributed by atoms with Crippen LogP contribution in [0, 0.1) is 0 Å². The molecule has 0 fully saturated rings. The van der Waals surface area contributed by atoms with Crippen LogP contribution in [0.5, 0.6) is 0 Å². The van der Waals surface area contributed by atoms with Gasteiger partial charge < -0.3 is 9.47 Å². The lowest BCUT2D eigenvalue weighted by Crippen LogP contribution is -2.14. The summed E-state index contributed by atoms with van der Waals surface area (Å²) >= 11 is 0. The highest BCUT2D eigenvalue weighted by Gasteiger charge is 2.37. The Morgan fingerprint density at radius 2 is 0.970 bits per heavy atom. The van der Waals surface area contributed by atoms with Crippen molar-refractivity contribution in [2.75, 3.05) is 4.90 Å². The zero-order chi connectivity index (χ0) is 44.6. The van der Waals surface area contributed by atoms with Crippen LogP contribution in [0.3, 0.4) is 0 Å². The molecule has 316 valence electrons. The molecule has 1 aromatic heterocycles. The molecule has 0 aliphatic heterocycles. The Kier molecular flexibility index (Phi) is 8.91. The Balaban J connectivity index is 0.987. The Morgan fingerprint density at radius 1 is 0.343 bits per heavy atom. The summed E-state index contributed by atoms with van der Waals surface area (Å²) in [5.74, 6) is 0. The van der Waals surface area contributed by atoms with Crippen molar-refractivity contribution >= 4 is 60.4 Å². The SMILES string of the molecule is CC1(C)c2ccccc2-c2c(-c3ccccc3N(c3ccc(-c4cccc5c4ccc4ccccc45)cc3)c3cccc(-c4ccc5c(c4)c4ccccc4n5-c4ccccc4)c3)cccc21. The first kappa shape index (κ1) is 39.0. The van der Waals surface area contributed by atoms with E-state index in [1.54, 1.807) is 0 Å². The molecule has 12 aromatic rings. The van der Waals surface area contributed by atoms with Gasteiger partial charge >= 0.3 is 0 Å². The summed E-state index contributed by atoms with van der Waals surface area (Å²) in [5.41, 5.74) is 19.3. The molecule has 1 aliphatic rings. The van der Waals surface area contributed by atoms with Crippen molar-refractivity contribution in [2.45, 2.75) is 19.3 Å². The number of rotatable bonds is 7. The van der Waals surface area contributed by atoms with Crippen LogP contribution >= 0.6 is 0 Å². The van der Waals surface area contributed by atoms with E-state index in [9.17, 15) is 0 Å². The molecule has 67 heavy (non-hydrogen) atoms. The maximum Gasteiger partial charge on any atom is 0.0541 e. The van der Waals surface area contributed by atoms with Crippen LogP contribution in [0.4, 0.5) is 17.1 Å². The van der Waals surface area contributed by atoms with E-state index in [1.165, 1.54) is 93.4 Å². The van der Waals surface area contributed by atoms with Gasteiger partial charge in [0.1, 0.15) is 0 Å². The third-order valence-corrected chi connectivity index (χ3v) is 14.4. The largest absolute Gasteiger partial charge is 0.310 e. The van der Waals surface area contributed by atoms with E-state index in [4.69, 9.17) is 0 Å². The van der Waals surface area contributed by atoms with Crippen LogP contribution in [0.25, 0.3) is 93.5 Å². The molecular formula is C65H46N2. The van der Waals surface area contributed by atoms with Crippen LogP contribution in [-0.4, -0.2) is 4.57 Å². The third kappa shape index (κ3) is 6.18. The molecule has 0 saturated carbocycles. The molecule has 11 aromatic carbocycles. The van der Waals surface area contributed by atoms with Gasteiger partial charge in [-0.25, -0.2) is 0 Å². The van der Waals surface area contributed by atoms with Crippen LogP contribution in [0.2, 0.25) is 0 Å². The molecule has 2 nitrogen and oxygen atoms in total. The fourth-order valence-corrected chi connectivity index (χ4v) is 11.2. The number of benzene rings is 11. The first-order valence-corrected chi connectivity index (χ1v) is 23.3. The Morgan fingerprint density at radius 3 is 1.85 bits per heavy atom. The van der Waals surface area contributed by atoms with E-state index in [0.717, 1.165) is 28.3 Å². The van der Waals surface area contributed by atoms with E-state index in [2.05, 4.69) is 266 Å². The topological polar surface area (TPSA) is 8.17 Å². The van der Waals surface area contributed by atoms with Gasteiger partial charge in [0.05, 0.1) is 16.7 Å². The highest BCUT2D eigenvalue weighted by atomic mass is 15.1. The maximum absolute atomic E-state index is 2.46. The van der Waals surface area contributed by atoms with Crippen molar-refractivity contribution in [1.29, 1.82) is 0 Å². The summed E-state index contributed by atoms with van der Waals surface area (Å²) in [5, 5.41) is 7.55. The molecule has 0 saturated heterocycles. The van der Waals surface area contributed by atoms with Crippen LogP contribution in [-0.2, 0) is 5.41 Å². The predicted octanol–water partition coefficient (Wildman–Crippen LogP) is 17.9. The van der Waals surface area contributed by atoms with Crippen LogP contribution in [0.15, 0.2) is 243 Å². The van der Waals surface area contributed by atoms with Crippen molar-refractivity contribution in [1.82, 2.24) is 4.57 Å². The van der Waals surface area contributed by atoms with Crippen molar-refractivity contribution in [2.24, 2.45) is 0 Å². The Hall–Kier alpha value is -8.46. The lowest BCUT2D eigenvalue weighted by Gasteiger charge is -2.29. The standard InChI is InChI=1S/C65H46N2/c1-65(2)59-29-11-8-25-57(59)64-56(28-16-30-60(64)65)54-23-9-12-31-61(54)66(48-37-33-44(34-38-48)51-26-15-27-52-50-22-7-6-17-43(50)35-39-53(51)52)49-21-14-18-45(41-49)46-36-40-63-58(42-46)55-24-10-13-32-62(55)67(63)47-19-4-3-5-20-47/h3-42H,1-2H3. The van der Waals surface area contributed by atoms with E-state index in [-0.39, 0.29) is 5.41 Å². The zero-order valence-corrected chi connectivity index (χ0v) is 37.5. The van der Waals surface area contributed by atoms with Crippen LogP contribution < -0.4 is 4.90 Å². The molecule has 0 bridgehead atoms. The molecule has 0 N–H and O–H groups in total. The van der Waals surface area contributed by atoms with Gasteiger partial charge in [-0.15, -0.1) is 0 Å². The number of hydrogen-bond donors (Lipinski definition) is 0. The Bertz CT molecular complexity index is 3890. The minimum atomic E-state index is -0.108. The molecule has 0 amide bonds. The monoisotopic (exact) mass is 854 g/mol. The van der Waals surface area contributed by atoms with Gasteiger partial charge in [0.15, 0.2) is 0 Å². The van der Waals surface area contributed by atoms with E-state index >= 15 is 0 Å². The van der Waals surface area contributed by atoms with Gasteiger partial charge in [-0.05, 0) is 132 Å². The van der Waals surface area contributed by atoms with Gasteiger partial charge in [0, 0.05) is 38.8 Å². The second-order valence-corrected chi connectivity index (χ2v) is 18.5. The molecule has 1 heterocycles. The Labute approximate surface area is 391 Å². The lowest BCUT2D eigenvalue weighted by molar-refractivity contribution is 0.660. The number of aromatic nitrogens is 1. The predicted molar refractivity (Wildman–Crippen MR) is 284 cm³/mol. The van der Waals surface area contributed by atoms with Crippen molar-refractivity contribution in [3.8, 4) is 50.2 Å². The molecule has 13 rings (SSSR count). The molecule has 0 atom stereocenters. The van der Waals surface area contributed by atoms with Gasteiger partial charge in [-0.1, -0.05) is 196 Å². The summed E-state index contributed by atoms with van der Waals surface area (Å²) in [6.45, 7) is 4.73. The molecule has 0 spiro atoms. The minimum Gasteiger partial charge on any atom is -0.310 e. The first-order chi connectivity index (χ1) is 33.0. The third-order valence-electron chi connectivity index (χ3n) is 14.4. The summed E-state index contributed by atoms with van der Waals surface area (Å²) < 4.78 is 2.38. The van der Waals surface area contributed by atoms with E-state index < -0.39 is 0 Å². The normalized spacial score (nSPS) is 12.7. The zero-order valence-electron chi connectivity index (χ0n) is 37.5. The average molecular weight is 855 g/mol. The average Bonchev–Trinajstić information content (AvgIpc) is 3.85. The van der Waals surface area contributed by atoms with Crippen molar-refractivity contribution in [3.05, 3.63) is 254 Å². The van der Waals surface area contributed by atoms with E-state index in [0.29, 0.717) is 0 Å². The maximum atomic E-state index is 2.46. The second kappa shape index (κ2) is 15.3. The molecular weight excluding hydrogens is 809 g/mol. The fourth-order valence-electron chi connectivity index (χ4n) is 11.2. The summed E-state index contributed by atoms with van der Waals surface area (Å²) in [4.78, 5) is 2.46. The number of nitrogens with zero attached hydrogens (tertiary/aromatic N) is 2. The molecule has 2 heteroatoms. The summed E-state index contributed by atoms with van der Waals surface area (Å²) in [7, 11) is 0.